The second kappa shape index (κ2) is 6.27. The summed E-state index contributed by atoms with van der Waals surface area (Å²) in [5.74, 6) is -1.28. The summed E-state index contributed by atoms with van der Waals surface area (Å²) in [5, 5.41) is 21.1. The SMILES string of the molecule is O=C(COc1ccccc1O)N[C@H]1CC[C@@H](C(=O)O)C1. The number of hydrogen-bond acceptors (Lipinski definition) is 4. The molecule has 0 aromatic heterocycles. The Labute approximate surface area is 116 Å². The lowest BCUT2D eigenvalue weighted by molar-refractivity contribution is -0.141. The first-order chi connectivity index (χ1) is 9.56. The number of carboxylic acid groups (broad SMARTS) is 1. The van der Waals surface area contributed by atoms with Gasteiger partial charge >= 0.3 is 5.97 Å². The summed E-state index contributed by atoms with van der Waals surface area (Å²) in [7, 11) is 0. The summed E-state index contributed by atoms with van der Waals surface area (Å²) >= 11 is 0. The fourth-order valence-corrected chi connectivity index (χ4v) is 2.33. The zero-order valence-corrected chi connectivity index (χ0v) is 10.9. The Morgan fingerprint density at radius 3 is 2.70 bits per heavy atom. The molecule has 1 amide bonds. The minimum atomic E-state index is -0.813. The molecule has 1 aromatic rings. The number of phenols is 1. The molecule has 108 valence electrons. The number of amides is 1. The van der Waals surface area contributed by atoms with Crippen LogP contribution in [0.4, 0.5) is 0 Å². The lowest BCUT2D eigenvalue weighted by Crippen LogP contribution is -2.36. The van der Waals surface area contributed by atoms with Crippen molar-refractivity contribution in [2.24, 2.45) is 5.92 Å². The van der Waals surface area contributed by atoms with E-state index in [0.717, 1.165) is 0 Å². The lowest BCUT2D eigenvalue weighted by Gasteiger charge is -2.13. The lowest BCUT2D eigenvalue weighted by atomic mass is 10.1. The largest absolute Gasteiger partial charge is 0.504 e. The van der Waals surface area contributed by atoms with Crippen molar-refractivity contribution in [2.45, 2.75) is 25.3 Å². The molecule has 6 heteroatoms. The first-order valence-corrected chi connectivity index (χ1v) is 6.49. The number of benzene rings is 1. The van der Waals surface area contributed by atoms with E-state index in [0.29, 0.717) is 19.3 Å². The van der Waals surface area contributed by atoms with Crippen molar-refractivity contribution in [1.82, 2.24) is 5.32 Å². The standard InChI is InChI=1S/C14H17NO5/c16-11-3-1-2-4-12(11)20-8-13(17)15-10-6-5-9(7-10)14(18)19/h1-4,9-10,16H,5-8H2,(H,15,17)(H,18,19)/t9-,10+/m1/s1. The first-order valence-electron chi connectivity index (χ1n) is 6.49. The van der Waals surface area contributed by atoms with Crippen molar-refractivity contribution in [3.8, 4) is 11.5 Å². The van der Waals surface area contributed by atoms with Crippen LogP contribution in [-0.2, 0) is 9.59 Å². The molecule has 3 N–H and O–H groups in total. The third-order valence-corrected chi connectivity index (χ3v) is 3.37. The van der Waals surface area contributed by atoms with Gasteiger partial charge in [-0.2, -0.15) is 0 Å². The molecule has 1 aliphatic carbocycles. The topological polar surface area (TPSA) is 95.9 Å². The minimum absolute atomic E-state index is 0.0212. The van der Waals surface area contributed by atoms with E-state index in [1.54, 1.807) is 18.2 Å². The molecule has 1 aliphatic rings. The minimum Gasteiger partial charge on any atom is -0.504 e. The number of carbonyl (C=O) groups is 2. The highest BCUT2D eigenvalue weighted by Crippen LogP contribution is 2.26. The van der Waals surface area contributed by atoms with Gasteiger partial charge < -0.3 is 20.3 Å². The Hall–Kier alpha value is -2.24. The Kier molecular flexibility index (Phi) is 4.45. The zero-order chi connectivity index (χ0) is 14.5. The van der Waals surface area contributed by atoms with Crippen molar-refractivity contribution in [3.63, 3.8) is 0 Å². The highest BCUT2D eigenvalue weighted by molar-refractivity contribution is 5.78. The van der Waals surface area contributed by atoms with Gasteiger partial charge in [0.05, 0.1) is 5.92 Å². The van der Waals surface area contributed by atoms with Gasteiger partial charge in [0.15, 0.2) is 18.1 Å². The Bertz CT molecular complexity index is 502. The highest BCUT2D eigenvalue weighted by Gasteiger charge is 2.30. The number of rotatable bonds is 5. The quantitative estimate of drug-likeness (QED) is 0.751. The number of carbonyl (C=O) groups excluding carboxylic acids is 1. The summed E-state index contributed by atoms with van der Waals surface area (Å²) < 4.78 is 5.20. The molecular formula is C14H17NO5. The molecule has 20 heavy (non-hydrogen) atoms. The predicted molar refractivity (Wildman–Crippen MR) is 70.5 cm³/mol. The maximum atomic E-state index is 11.7. The van der Waals surface area contributed by atoms with Crippen LogP contribution in [0.1, 0.15) is 19.3 Å². The summed E-state index contributed by atoms with van der Waals surface area (Å²) in [6, 6.07) is 6.28. The maximum Gasteiger partial charge on any atom is 0.306 e. The molecule has 1 aromatic carbocycles. The fourth-order valence-electron chi connectivity index (χ4n) is 2.33. The molecule has 0 unspecified atom stereocenters. The van der Waals surface area contributed by atoms with Crippen molar-refractivity contribution < 1.29 is 24.5 Å². The van der Waals surface area contributed by atoms with Gasteiger partial charge in [-0.3, -0.25) is 9.59 Å². The molecule has 6 nitrogen and oxygen atoms in total. The van der Waals surface area contributed by atoms with Gasteiger partial charge in [0, 0.05) is 6.04 Å². The van der Waals surface area contributed by atoms with Crippen molar-refractivity contribution >= 4 is 11.9 Å². The van der Waals surface area contributed by atoms with Gasteiger partial charge in [-0.05, 0) is 31.4 Å². The molecule has 0 radical (unpaired) electrons. The van der Waals surface area contributed by atoms with E-state index in [1.807, 2.05) is 0 Å². The number of aromatic hydroxyl groups is 1. The van der Waals surface area contributed by atoms with Crippen molar-refractivity contribution in [1.29, 1.82) is 0 Å². The summed E-state index contributed by atoms with van der Waals surface area (Å²) in [4.78, 5) is 22.5. The van der Waals surface area contributed by atoms with Crippen LogP contribution in [0.25, 0.3) is 0 Å². The van der Waals surface area contributed by atoms with Crippen LogP contribution in [0.3, 0.4) is 0 Å². The number of nitrogens with one attached hydrogen (secondary N) is 1. The predicted octanol–water partition coefficient (Wildman–Crippen LogP) is 1.14. The molecule has 0 saturated heterocycles. The van der Waals surface area contributed by atoms with Crippen LogP contribution >= 0.6 is 0 Å². The third-order valence-electron chi connectivity index (χ3n) is 3.37. The van der Waals surface area contributed by atoms with E-state index in [-0.39, 0.29) is 36.0 Å². The third kappa shape index (κ3) is 3.63. The maximum absolute atomic E-state index is 11.7. The first kappa shape index (κ1) is 14.2. The molecule has 2 rings (SSSR count). The molecule has 1 saturated carbocycles. The van der Waals surface area contributed by atoms with Crippen molar-refractivity contribution in [2.75, 3.05) is 6.61 Å². The molecule has 0 bridgehead atoms. The van der Waals surface area contributed by atoms with Gasteiger partial charge in [0.25, 0.3) is 5.91 Å². The summed E-state index contributed by atoms with van der Waals surface area (Å²) in [6.07, 6.45) is 1.71. The molecular weight excluding hydrogens is 262 g/mol. The van der Waals surface area contributed by atoms with E-state index >= 15 is 0 Å². The second-order valence-corrected chi connectivity index (χ2v) is 4.87. The zero-order valence-electron chi connectivity index (χ0n) is 10.9. The van der Waals surface area contributed by atoms with Crippen LogP contribution < -0.4 is 10.1 Å². The number of carboxylic acids is 1. The molecule has 0 spiro atoms. The van der Waals surface area contributed by atoms with Crippen LogP contribution in [0.5, 0.6) is 11.5 Å². The van der Waals surface area contributed by atoms with Crippen LogP contribution in [-0.4, -0.2) is 34.7 Å². The van der Waals surface area contributed by atoms with Crippen LogP contribution in [0.15, 0.2) is 24.3 Å². The number of hydrogen-bond donors (Lipinski definition) is 3. The summed E-state index contributed by atoms with van der Waals surface area (Å²) in [6.45, 7) is -0.203. The van der Waals surface area contributed by atoms with Gasteiger partial charge in [-0.15, -0.1) is 0 Å². The average Bonchev–Trinajstić information content (AvgIpc) is 2.86. The number of aliphatic carboxylic acids is 1. The average molecular weight is 279 g/mol. The normalized spacial score (nSPS) is 21.4. The highest BCUT2D eigenvalue weighted by atomic mass is 16.5. The molecule has 2 atom stereocenters. The van der Waals surface area contributed by atoms with E-state index in [2.05, 4.69) is 5.32 Å². The van der Waals surface area contributed by atoms with Crippen LogP contribution in [0, 0.1) is 5.92 Å². The Morgan fingerprint density at radius 1 is 1.30 bits per heavy atom. The Balaban J connectivity index is 1.77. The van der Waals surface area contributed by atoms with E-state index in [9.17, 15) is 14.7 Å². The van der Waals surface area contributed by atoms with E-state index in [4.69, 9.17) is 9.84 Å². The number of ether oxygens (including phenoxy) is 1. The number of para-hydroxylation sites is 2. The van der Waals surface area contributed by atoms with Gasteiger partial charge in [-0.25, -0.2) is 0 Å². The second-order valence-electron chi connectivity index (χ2n) is 4.87. The van der Waals surface area contributed by atoms with Gasteiger partial charge in [0.1, 0.15) is 0 Å². The van der Waals surface area contributed by atoms with Crippen molar-refractivity contribution in [3.05, 3.63) is 24.3 Å². The number of phenolic OH excluding ortho intramolecular Hbond substituents is 1. The van der Waals surface area contributed by atoms with Gasteiger partial charge in [-0.1, -0.05) is 12.1 Å². The fraction of sp³-hybridized carbons (Fsp3) is 0.429. The molecule has 1 fully saturated rings. The van der Waals surface area contributed by atoms with Gasteiger partial charge in [0.2, 0.25) is 0 Å². The van der Waals surface area contributed by atoms with E-state index < -0.39 is 5.97 Å². The Morgan fingerprint density at radius 2 is 2.05 bits per heavy atom. The molecule has 0 heterocycles. The smallest absolute Gasteiger partial charge is 0.306 e. The van der Waals surface area contributed by atoms with E-state index in [1.165, 1.54) is 6.07 Å². The monoisotopic (exact) mass is 279 g/mol. The molecule has 0 aliphatic heterocycles. The van der Waals surface area contributed by atoms with Crippen LogP contribution in [0.2, 0.25) is 0 Å². The summed E-state index contributed by atoms with van der Waals surface area (Å²) in [5.41, 5.74) is 0.